The van der Waals surface area contributed by atoms with E-state index in [-0.39, 0.29) is 0 Å². The minimum absolute atomic E-state index is 0.495. The summed E-state index contributed by atoms with van der Waals surface area (Å²) in [4.78, 5) is 5.02. The molecule has 37 heavy (non-hydrogen) atoms. The van der Waals surface area contributed by atoms with Gasteiger partial charge in [-0.15, -0.1) is 0 Å². The molecule has 5 unspecified atom stereocenters. The topological polar surface area (TPSA) is 37.0 Å². The molecule has 5 aliphatic rings. The van der Waals surface area contributed by atoms with E-state index in [1.165, 1.54) is 48.8 Å². The highest BCUT2D eigenvalue weighted by Crippen LogP contribution is 2.43. The van der Waals surface area contributed by atoms with Gasteiger partial charge in [0, 0.05) is 30.2 Å². The van der Waals surface area contributed by atoms with Crippen LogP contribution in [0.4, 0.5) is 0 Å². The lowest BCUT2D eigenvalue weighted by atomic mass is 9.93. The lowest BCUT2D eigenvalue weighted by Crippen LogP contribution is -2.39. The number of hydrogen-bond acceptors (Lipinski definition) is 5. The first kappa shape index (κ1) is 26.7. The van der Waals surface area contributed by atoms with Crippen molar-refractivity contribution in [1.82, 2.24) is 15.1 Å². The van der Waals surface area contributed by atoms with Gasteiger partial charge in [0.1, 0.15) is 5.75 Å². The molecular formula is C32H47N3O2. The minimum atomic E-state index is 0.495. The second kappa shape index (κ2) is 12.3. The Morgan fingerprint density at radius 3 is 2.08 bits per heavy atom. The van der Waals surface area contributed by atoms with Crippen molar-refractivity contribution in [2.24, 2.45) is 5.92 Å². The summed E-state index contributed by atoms with van der Waals surface area (Å²) in [6.07, 6.45) is 8.15. The first-order valence-corrected chi connectivity index (χ1v) is 14.6. The molecule has 7 rings (SSSR count). The molecule has 3 saturated heterocycles. The molecule has 0 radical (unpaired) electrons. The van der Waals surface area contributed by atoms with Gasteiger partial charge in [0.05, 0.1) is 31.9 Å². The van der Waals surface area contributed by atoms with E-state index in [1.54, 1.807) is 0 Å². The fourth-order valence-electron chi connectivity index (χ4n) is 6.91. The van der Waals surface area contributed by atoms with Gasteiger partial charge in [-0.25, -0.2) is 0 Å². The van der Waals surface area contributed by atoms with Gasteiger partial charge in [0.2, 0.25) is 0 Å². The van der Waals surface area contributed by atoms with Crippen LogP contribution in [0.15, 0.2) is 48.5 Å². The molecule has 3 fully saturated rings. The SMILES string of the molecule is CC1CC2CCC(C1)N2C.CC1CCCOc2ccccc2CN1.CN1C2COCC1c1ccccc12. The van der Waals surface area contributed by atoms with E-state index in [0.29, 0.717) is 18.1 Å². The molecule has 5 aliphatic heterocycles. The number of para-hydroxylation sites is 1. The van der Waals surface area contributed by atoms with Crippen molar-refractivity contribution in [2.75, 3.05) is 33.9 Å². The summed E-state index contributed by atoms with van der Waals surface area (Å²) in [5.74, 6) is 2.03. The number of benzene rings is 2. The number of nitrogens with one attached hydrogen (secondary N) is 1. The second-order valence-corrected chi connectivity index (χ2v) is 11.9. The predicted molar refractivity (Wildman–Crippen MR) is 151 cm³/mol. The molecule has 0 saturated carbocycles. The van der Waals surface area contributed by atoms with Gasteiger partial charge in [-0.1, -0.05) is 49.4 Å². The number of hydrogen-bond donors (Lipinski definition) is 1. The Labute approximate surface area is 224 Å². The van der Waals surface area contributed by atoms with E-state index in [1.807, 2.05) is 12.1 Å². The number of morpholine rings is 1. The largest absolute Gasteiger partial charge is 0.493 e. The summed E-state index contributed by atoms with van der Waals surface area (Å²) < 4.78 is 11.3. The molecule has 2 aromatic carbocycles. The zero-order valence-corrected chi connectivity index (χ0v) is 23.4. The quantitative estimate of drug-likeness (QED) is 0.478. The van der Waals surface area contributed by atoms with E-state index < -0.39 is 0 Å². The Kier molecular flexibility index (Phi) is 8.86. The molecule has 2 aromatic rings. The van der Waals surface area contributed by atoms with Crippen LogP contribution in [0.25, 0.3) is 0 Å². The highest BCUT2D eigenvalue weighted by molar-refractivity contribution is 5.38. The molecule has 4 bridgehead atoms. The van der Waals surface area contributed by atoms with Gasteiger partial charge < -0.3 is 19.7 Å². The van der Waals surface area contributed by atoms with Crippen molar-refractivity contribution in [2.45, 2.75) is 89.1 Å². The van der Waals surface area contributed by atoms with Crippen LogP contribution in [0, 0.1) is 5.92 Å². The molecule has 5 heteroatoms. The van der Waals surface area contributed by atoms with Crippen molar-refractivity contribution < 1.29 is 9.47 Å². The van der Waals surface area contributed by atoms with Crippen LogP contribution >= 0.6 is 0 Å². The van der Waals surface area contributed by atoms with Crippen molar-refractivity contribution in [3.8, 4) is 5.75 Å². The van der Waals surface area contributed by atoms with E-state index in [2.05, 4.69) is 79.5 Å². The van der Waals surface area contributed by atoms with E-state index in [9.17, 15) is 0 Å². The van der Waals surface area contributed by atoms with Crippen LogP contribution in [0.3, 0.4) is 0 Å². The average molecular weight is 506 g/mol. The lowest BCUT2D eigenvalue weighted by molar-refractivity contribution is -0.0216. The maximum Gasteiger partial charge on any atom is 0.123 e. The molecule has 5 atom stereocenters. The van der Waals surface area contributed by atoms with Crippen molar-refractivity contribution in [3.05, 3.63) is 65.2 Å². The summed E-state index contributed by atoms with van der Waals surface area (Å²) in [6, 6.07) is 20.4. The highest BCUT2D eigenvalue weighted by atomic mass is 16.5. The van der Waals surface area contributed by atoms with Gasteiger partial charge in [-0.2, -0.15) is 0 Å². The van der Waals surface area contributed by atoms with E-state index in [4.69, 9.17) is 9.47 Å². The third-order valence-electron chi connectivity index (χ3n) is 9.24. The zero-order valence-electron chi connectivity index (χ0n) is 23.4. The normalized spacial score (nSPS) is 32.6. The molecule has 0 spiro atoms. The van der Waals surface area contributed by atoms with E-state index >= 15 is 0 Å². The number of rotatable bonds is 0. The van der Waals surface area contributed by atoms with Gasteiger partial charge in [0.25, 0.3) is 0 Å². The van der Waals surface area contributed by atoms with Gasteiger partial charge in [-0.3, -0.25) is 4.90 Å². The summed E-state index contributed by atoms with van der Waals surface area (Å²) in [6.45, 7) is 8.08. The molecule has 0 amide bonds. The minimum Gasteiger partial charge on any atom is -0.493 e. The monoisotopic (exact) mass is 505 g/mol. The predicted octanol–water partition coefficient (Wildman–Crippen LogP) is 5.96. The first-order valence-electron chi connectivity index (χ1n) is 14.6. The van der Waals surface area contributed by atoms with Crippen LogP contribution in [0.1, 0.15) is 81.1 Å². The third-order valence-corrected chi connectivity index (χ3v) is 9.24. The maximum absolute atomic E-state index is 5.72. The van der Waals surface area contributed by atoms with Crippen LogP contribution < -0.4 is 10.1 Å². The van der Waals surface area contributed by atoms with E-state index in [0.717, 1.165) is 56.5 Å². The number of ether oxygens (including phenoxy) is 2. The Hall–Kier alpha value is -1.92. The Morgan fingerprint density at radius 1 is 0.784 bits per heavy atom. The van der Waals surface area contributed by atoms with Crippen LogP contribution in [0.5, 0.6) is 5.75 Å². The molecular weight excluding hydrogens is 458 g/mol. The van der Waals surface area contributed by atoms with Gasteiger partial charge in [0.15, 0.2) is 0 Å². The summed E-state index contributed by atoms with van der Waals surface area (Å²) in [7, 11) is 4.49. The first-order chi connectivity index (χ1) is 18.0. The fraction of sp³-hybridized carbons (Fsp3) is 0.625. The fourth-order valence-corrected chi connectivity index (χ4v) is 6.91. The Morgan fingerprint density at radius 2 is 1.41 bits per heavy atom. The van der Waals surface area contributed by atoms with Crippen molar-refractivity contribution in [3.63, 3.8) is 0 Å². The van der Waals surface area contributed by atoms with Crippen LogP contribution in [-0.4, -0.2) is 61.8 Å². The number of likely N-dealkylation sites (N-methyl/N-ethyl adjacent to an activating group) is 1. The number of fused-ring (bicyclic) bond motifs is 8. The van der Waals surface area contributed by atoms with Crippen LogP contribution in [0.2, 0.25) is 0 Å². The molecule has 0 aliphatic carbocycles. The summed E-state index contributed by atoms with van der Waals surface area (Å²) >= 11 is 0. The molecule has 202 valence electrons. The van der Waals surface area contributed by atoms with Crippen LogP contribution in [-0.2, 0) is 11.3 Å². The zero-order chi connectivity index (χ0) is 25.8. The van der Waals surface area contributed by atoms with Gasteiger partial charge in [-0.05, 0) is 82.7 Å². The van der Waals surface area contributed by atoms with Crippen molar-refractivity contribution in [1.29, 1.82) is 0 Å². The summed E-state index contributed by atoms with van der Waals surface area (Å²) in [5, 5.41) is 3.50. The second-order valence-electron chi connectivity index (χ2n) is 11.9. The van der Waals surface area contributed by atoms with Gasteiger partial charge >= 0.3 is 0 Å². The maximum atomic E-state index is 5.72. The lowest BCUT2D eigenvalue weighted by Gasteiger charge is -2.34. The number of piperidine rings is 1. The smallest absolute Gasteiger partial charge is 0.123 e. The molecule has 5 nitrogen and oxygen atoms in total. The molecule has 5 heterocycles. The standard InChI is InChI=1S/C12H17NO.C11H13NO.C9H17N/c1-10-5-4-8-14-12-7-3-2-6-11(12)9-13-10;1-12-10-6-13-7-11(12)9-5-3-2-4-8(9)10;1-7-5-8-3-4-9(6-7)10(8)2/h2-3,6-7,10,13H,4-5,8-9H2,1H3;2-5,10-11H,6-7H2,1H3;7-9H,3-6H2,1-2H3. The van der Waals surface area contributed by atoms with Crippen molar-refractivity contribution >= 4 is 0 Å². The molecule has 1 N–H and O–H groups in total. The average Bonchev–Trinajstić information content (AvgIpc) is 3.21. The number of nitrogens with zero attached hydrogens (tertiary/aromatic N) is 2. The summed E-state index contributed by atoms with van der Waals surface area (Å²) in [5.41, 5.74) is 4.20. The third kappa shape index (κ3) is 6.22. The Bertz CT molecular complexity index is 968. The Balaban J connectivity index is 0.000000115. The highest BCUT2D eigenvalue weighted by Gasteiger charge is 2.39. The molecule has 0 aromatic heterocycles.